The second-order valence-corrected chi connectivity index (χ2v) is 8.40. The zero-order valence-corrected chi connectivity index (χ0v) is 14.9. The fraction of sp³-hybridized carbons (Fsp3) is 0.619. The van der Waals surface area contributed by atoms with E-state index in [4.69, 9.17) is 0 Å². The number of carbonyl (C=O) groups excluding carboxylic acids is 1. The molecule has 4 aliphatic carbocycles. The number of nitrogens with one attached hydrogen (secondary N) is 1. The Hall–Kier alpha value is -1.68. The number of nitrogens with zero attached hydrogens (tertiary/aromatic N) is 1. The molecule has 4 bridgehead atoms. The van der Waals surface area contributed by atoms with Crippen LogP contribution in [-0.2, 0) is 4.79 Å². The van der Waals surface area contributed by atoms with Crippen LogP contribution in [-0.4, -0.2) is 16.7 Å². The molecule has 2 N–H and O–H groups in total. The van der Waals surface area contributed by atoms with Gasteiger partial charge in [-0.15, -0.1) is 0 Å². The Labute approximate surface area is 149 Å². The van der Waals surface area contributed by atoms with Crippen LogP contribution in [0.15, 0.2) is 35.4 Å². The van der Waals surface area contributed by atoms with E-state index < -0.39 is 12.0 Å². The number of hydrogen-bond donors (Lipinski definition) is 2. The summed E-state index contributed by atoms with van der Waals surface area (Å²) in [6.07, 6.45) is 7.61. The maximum Gasteiger partial charge on any atom is 0.273 e. The first-order valence-corrected chi connectivity index (χ1v) is 9.69. The number of amides is 1. The second kappa shape index (κ2) is 6.56. The summed E-state index contributed by atoms with van der Waals surface area (Å²) in [7, 11) is 0. The molecule has 4 heteroatoms. The molecular weight excluding hydrogens is 312 g/mol. The topological polar surface area (TPSA) is 61.7 Å². The molecule has 0 aromatic heterocycles. The van der Waals surface area contributed by atoms with Gasteiger partial charge in [0.25, 0.3) is 5.91 Å². The molecule has 0 saturated heterocycles. The van der Waals surface area contributed by atoms with E-state index in [0.717, 1.165) is 29.9 Å². The van der Waals surface area contributed by atoms with Crippen LogP contribution < -0.4 is 5.43 Å². The predicted octanol–water partition coefficient (Wildman–Crippen LogP) is 3.82. The molecule has 25 heavy (non-hydrogen) atoms. The predicted molar refractivity (Wildman–Crippen MR) is 97.9 cm³/mol. The number of hydrazone groups is 1. The number of aliphatic hydroxyl groups excluding tert-OH is 1. The Bertz CT molecular complexity index is 632. The minimum absolute atomic E-state index is 0.203. The lowest BCUT2D eigenvalue weighted by atomic mass is 9.48. The summed E-state index contributed by atoms with van der Waals surface area (Å²) in [5.74, 6) is 2.12. The quantitative estimate of drug-likeness (QED) is 0.632. The van der Waals surface area contributed by atoms with Crippen LogP contribution in [0.3, 0.4) is 0 Å². The van der Waals surface area contributed by atoms with E-state index in [0.29, 0.717) is 5.56 Å². The van der Waals surface area contributed by atoms with Gasteiger partial charge in [0.15, 0.2) is 6.10 Å². The van der Waals surface area contributed by atoms with Crippen molar-refractivity contribution in [1.82, 2.24) is 5.43 Å². The summed E-state index contributed by atoms with van der Waals surface area (Å²) in [6, 6.07) is 9.03. The van der Waals surface area contributed by atoms with Crippen molar-refractivity contribution in [3.05, 3.63) is 35.9 Å². The molecule has 1 aromatic rings. The first-order valence-electron chi connectivity index (χ1n) is 9.69. The van der Waals surface area contributed by atoms with E-state index in [1.807, 2.05) is 18.2 Å². The summed E-state index contributed by atoms with van der Waals surface area (Å²) in [4.78, 5) is 12.3. The minimum Gasteiger partial charge on any atom is -0.378 e. The normalized spacial score (nSPS) is 34.8. The van der Waals surface area contributed by atoms with Crippen molar-refractivity contribution in [2.75, 3.05) is 0 Å². The molecule has 4 nitrogen and oxygen atoms in total. The van der Waals surface area contributed by atoms with E-state index in [1.54, 1.807) is 12.1 Å². The van der Waals surface area contributed by atoms with E-state index in [9.17, 15) is 9.90 Å². The highest BCUT2D eigenvalue weighted by Gasteiger charge is 2.52. The van der Waals surface area contributed by atoms with Crippen molar-refractivity contribution in [1.29, 1.82) is 0 Å². The van der Waals surface area contributed by atoms with Gasteiger partial charge >= 0.3 is 0 Å². The first kappa shape index (κ1) is 16.8. The highest BCUT2D eigenvalue weighted by Crippen LogP contribution is 2.60. The lowest BCUT2D eigenvalue weighted by Gasteiger charge is -2.57. The van der Waals surface area contributed by atoms with Crippen LogP contribution in [0.4, 0.5) is 0 Å². The fourth-order valence-corrected chi connectivity index (χ4v) is 6.01. The lowest BCUT2D eigenvalue weighted by Crippen LogP contribution is -2.50. The summed E-state index contributed by atoms with van der Waals surface area (Å²) in [6.45, 7) is 2.14. The maximum atomic E-state index is 12.3. The largest absolute Gasteiger partial charge is 0.378 e. The van der Waals surface area contributed by atoms with Gasteiger partial charge in [0.2, 0.25) is 0 Å². The molecular formula is C21H28N2O2. The van der Waals surface area contributed by atoms with Gasteiger partial charge in [0, 0.05) is 11.1 Å². The molecule has 1 atom stereocenters. The molecule has 1 amide bonds. The third kappa shape index (κ3) is 3.12. The Kier molecular flexibility index (Phi) is 4.40. The Morgan fingerprint density at radius 3 is 2.24 bits per heavy atom. The summed E-state index contributed by atoms with van der Waals surface area (Å²) in [5, 5.41) is 14.8. The lowest BCUT2D eigenvalue weighted by molar-refractivity contribution is -0.129. The third-order valence-electron chi connectivity index (χ3n) is 6.65. The van der Waals surface area contributed by atoms with Gasteiger partial charge in [-0.3, -0.25) is 4.79 Å². The average Bonchev–Trinajstić information content (AvgIpc) is 2.61. The third-order valence-corrected chi connectivity index (χ3v) is 6.65. The molecule has 5 rings (SSSR count). The number of benzene rings is 1. The van der Waals surface area contributed by atoms with Crippen LogP contribution in [0.2, 0.25) is 0 Å². The SMILES string of the molecule is CCC(=NNC(=O)C(O)c1ccccc1)C12CC3CC(CC(C3)C1)C2. The van der Waals surface area contributed by atoms with Crippen molar-refractivity contribution in [2.45, 2.75) is 58.0 Å². The Morgan fingerprint density at radius 1 is 1.16 bits per heavy atom. The molecule has 0 spiro atoms. The van der Waals surface area contributed by atoms with Crippen molar-refractivity contribution in [3.63, 3.8) is 0 Å². The molecule has 4 saturated carbocycles. The van der Waals surface area contributed by atoms with Gasteiger partial charge < -0.3 is 5.11 Å². The zero-order chi connectivity index (χ0) is 17.4. The first-order chi connectivity index (χ1) is 12.1. The fourth-order valence-electron chi connectivity index (χ4n) is 6.01. The highest BCUT2D eigenvalue weighted by atomic mass is 16.3. The van der Waals surface area contributed by atoms with Crippen LogP contribution in [0.25, 0.3) is 0 Å². The molecule has 1 unspecified atom stereocenters. The van der Waals surface area contributed by atoms with Crippen molar-refractivity contribution in [2.24, 2.45) is 28.3 Å². The standard InChI is InChI=1S/C21H28N2O2/c1-2-18(21-11-14-8-15(12-21)10-16(9-14)13-21)22-23-20(25)19(24)17-6-4-3-5-7-17/h3-7,14-16,19,24H,2,8-13H2,1H3,(H,23,25). The van der Waals surface area contributed by atoms with Gasteiger partial charge in [-0.25, -0.2) is 5.43 Å². The van der Waals surface area contributed by atoms with Gasteiger partial charge in [0.1, 0.15) is 0 Å². The van der Waals surface area contributed by atoms with Gasteiger partial charge in [-0.05, 0) is 68.3 Å². The van der Waals surface area contributed by atoms with Crippen LogP contribution in [0.5, 0.6) is 0 Å². The van der Waals surface area contributed by atoms with Crippen LogP contribution in [0, 0.1) is 23.2 Å². The van der Waals surface area contributed by atoms with Crippen LogP contribution in [0.1, 0.15) is 63.5 Å². The monoisotopic (exact) mass is 340 g/mol. The van der Waals surface area contributed by atoms with E-state index in [-0.39, 0.29) is 5.41 Å². The zero-order valence-electron chi connectivity index (χ0n) is 14.9. The highest BCUT2D eigenvalue weighted by molar-refractivity contribution is 5.92. The number of carbonyl (C=O) groups is 1. The van der Waals surface area contributed by atoms with Crippen molar-refractivity contribution >= 4 is 11.6 Å². The number of aliphatic hydroxyl groups is 1. The smallest absolute Gasteiger partial charge is 0.273 e. The molecule has 0 radical (unpaired) electrons. The molecule has 134 valence electrons. The average molecular weight is 340 g/mol. The summed E-state index contributed by atoms with van der Waals surface area (Å²) >= 11 is 0. The van der Waals surface area contributed by atoms with Crippen LogP contribution >= 0.6 is 0 Å². The van der Waals surface area contributed by atoms with E-state index in [2.05, 4.69) is 17.5 Å². The number of rotatable bonds is 5. The maximum absolute atomic E-state index is 12.3. The Morgan fingerprint density at radius 2 is 1.72 bits per heavy atom. The minimum atomic E-state index is -1.17. The summed E-state index contributed by atoms with van der Waals surface area (Å²) < 4.78 is 0. The van der Waals surface area contributed by atoms with E-state index >= 15 is 0 Å². The number of hydrogen-bond acceptors (Lipinski definition) is 3. The van der Waals surface area contributed by atoms with Gasteiger partial charge in [-0.1, -0.05) is 37.3 Å². The molecule has 0 aliphatic heterocycles. The molecule has 0 heterocycles. The molecule has 1 aromatic carbocycles. The van der Waals surface area contributed by atoms with Gasteiger partial charge in [-0.2, -0.15) is 5.10 Å². The van der Waals surface area contributed by atoms with Gasteiger partial charge in [0.05, 0.1) is 0 Å². The Balaban J connectivity index is 1.49. The van der Waals surface area contributed by atoms with Crippen molar-refractivity contribution < 1.29 is 9.90 Å². The summed E-state index contributed by atoms with van der Waals surface area (Å²) in [5.41, 5.74) is 4.60. The molecule has 4 aliphatic rings. The van der Waals surface area contributed by atoms with Crippen molar-refractivity contribution in [3.8, 4) is 0 Å². The van der Waals surface area contributed by atoms with E-state index in [1.165, 1.54) is 38.5 Å². The molecule has 4 fully saturated rings. The second-order valence-electron chi connectivity index (χ2n) is 8.40.